The summed E-state index contributed by atoms with van der Waals surface area (Å²) in [6, 6.07) is 0. The molecule has 5 heteroatoms. The van der Waals surface area contributed by atoms with E-state index in [1.54, 1.807) is 7.11 Å². The van der Waals surface area contributed by atoms with E-state index in [1.165, 1.54) is 11.3 Å². The number of hydrogen-bond donors (Lipinski definition) is 1. The highest BCUT2D eigenvalue weighted by atomic mass is 32.1. The number of rotatable bonds is 6. The zero-order chi connectivity index (χ0) is 12.1. The van der Waals surface area contributed by atoms with Crippen LogP contribution in [0.3, 0.4) is 0 Å². The molecule has 0 saturated carbocycles. The molecule has 16 heavy (non-hydrogen) atoms. The molecule has 0 aliphatic rings. The molecule has 0 fully saturated rings. The lowest BCUT2D eigenvalue weighted by Gasteiger charge is -2.01. The second kappa shape index (κ2) is 5.96. The Hall–Kier alpha value is -0.940. The third-order valence-electron chi connectivity index (χ3n) is 2.06. The summed E-state index contributed by atoms with van der Waals surface area (Å²) in [4.78, 5) is 15.8. The van der Waals surface area contributed by atoms with Gasteiger partial charge in [-0.05, 0) is 12.3 Å². The van der Waals surface area contributed by atoms with E-state index < -0.39 is 5.97 Å². The third-order valence-corrected chi connectivity index (χ3v) is 3.20. The van der Waals surface area contributed by atoms with Crippen molar-refractivity contribution in [1.29, 1.82) is 0 Å². The molecule has 0 atom stereocenters. The van der Waals surface area contributed by atoms with Gasteiger partial charge in [0.2, 0.25) is 0 Å². The summed E-state index contributed by atoms with van der Waals surface area (Å²) in [6.07, 6.45) is 1.39. The van der Waals surface area contributed by atoms with Crippen molar-refractivity contribution in [2.75, 3.05) is 13.7 Å². The number of nitrogens with zero attached hydrogens (tertiary/aromatic N) is 1. The van der Waals surface area contributed by atoms with E-state index in [0.29, 0.717) is 35.9 Å². The molecule has 0 spiro atoms. The van der Waals surface area contributed by atoms with Crippen LogP contribution in [0.5, 0.6) is 0 Å². The van der Waals surface area contributed by atoms with E-state index in [-0.39, 0.29) is 0 Å². The molecule has 0 radical (unpaired) electrons. The number of ether oxygens (including phenoxy) is 1. The summed E-state index contributed by atoms with van der Waals surface area (Å²) in [7, 11) is 1.63. The van der Waals surface area contributed by atoms with Gasteiger partial charge in [0.05, 0.1) is 17.3 Å². The van der Waals surface area contributed by atoms with Gasteiger partial charge in [-0.15, -0.1) is 11.3 Å². The van der Waals surface area contributed by atoms with Gasteiger partial charge in [0.1, 0.15) is 4.88 Å². The lowest BCUT2D eigenvalue weighted by Crippen LogP contribution is -2.02. The van der Waals surface area contributed by atoms with Crippen LogP contribution in [0.25, 0.3) is 0 Å². The Balaban J connectivity index is 2.86. The topological polar surface area (TPSA) is 59.4 Å². The van der Waals surface area contributed by atoms with Gasteiger partial charge in [-0.2, -0.15) is 0 Å². The van der Waals surface area contributed by atoms with E-state index in [9.17, 15) is 4.79 Å². The Morgan fingerprint density at radius 1 is 1.56 bits per heavy atom. The molecule has 4 nitrogen and oxygen atoms in total. The number of carboxylic acid groups (broad SMARTS) is 1. The largest absolute Gasteiger partial charge is 0.477 e. The van der Waals surface area contributed by atoms with E-state index in [4.69, 9.17) is 9.84 Å². The van der Waals surface area contributed by atoms with Crippen LogP contribution in [0.1, 0.15) is 34.2 Å². The molecule has 0 aromatic carbocycles. The Labute approximate surface area is 99.3 Å². The summed E-state index contributed by atoms with van der Waals surface area (Å²) < 4.78 is 4.96. The van der Waals surface area contributed by atoms with Gasteiger partial charge >= 0.3 is 5.97 Å². The van der Waals surface area contributed by atoms with Gasteiger partial charge in [-0.3, -0.25) is 0 Å². The number of methoxy groups -OCH3 is 1. The van der Waals surface area contributed by atoms with E-state index in [1.807, 2.05) is 0 Å². The van der Waals surface area contributed by atoms with Crippen LogP contribution < -0.4 is 0 Å². The highest BCUT2D eigenvalue weighted by Gasteiger charge is 2.17. The highest BCUT2D eigenvalue weighted by molar-refractivity contribution is 7.13. The number of carbonyl (C=O) groups is 1. The molecule has 1 heterocycles. The third kappa shape index (κ3) is 3.57. The maximum Gasteiger partial charge on any atom is 0.347 e. The van der Waals surface area contributed by atoms with Crippen molar-refractivity contribution >= 4 is 17.3 Å². The van der Waals surface area contributed by atoms with Crippen molar-refractivity contribution in [3.8, 4) is 0 Å². The summed E-state index contributed by atoms with van der Waals surface area (Å²) >= 11 is 1.26. The first-order valence-corrected chi connectivity index (χ1v) is 6.07. The fraction of sp³-hybridized carbons (Fsp3) is 0.636. The second-order valence-electron chi connectivity index (χ2n) is 4.03. The van der Waals surface area contributed by atoms with Crippen molar-refractivity contribution in [2.45, 2.75) is 26.7 Å². The van der Waals surface area contributed by atoms with Gasteiger partial charge in [0, 0.05) is 13.5 Å². The quantitative estimate of drug-likeness (QED) is 0.832. The Bertz CT molecular complexity index is 360. The summed E-state index contributed by atoms with van der Waals surface area (Å²) in [5.74, 6) is -0.465. The van der Waals surface area contributed by atoms with Gasteiger partial charge in [-0.1, -0.05) is 13.8 Å². The van der Waals surface area contributed by atoms with Crippen molar-refractivity contribution in [3.05, 3.63) is 15.6 Å². The van der Waals surface area contributed by atoms with E-state index >= 15 is 0 Å². The van der Waals surface area contributed by atoms with Gasteiger partial charge in [0.15, 0.2) is 0 Å². The average Bonchev–Trinajstić information content (AvgIpc) is 2.57. The molecule has 0 amide bonds. The zero-order valence-corrected chi connectivity index (χ0v) is 10.6. The van der Waals surface area contributed by atoms with Crippen LogP contribution in [-0.4, -0.2) is 29.8 Å². The van der Waals surface area contributed by atoms with Crippen molar-refractivity contribution in [2.24, 2.45) is 5.92 Å². The van der Waals surface area contributed by atoms with Crippen LogP contribution in [0.2, 0.25) is 0 Å². The minimum Gasteiger partial charge on any atom is -0.477 e. The molecule has 1 rings (SSSR count). The number of hydrogen-bond acceptors (Lipinski definition) is 4. The Morgan fingerprint density at radius 2 is 2.25 bits per heavy atom. The van der Waals surface area contributed by atoms with Gasteiger partial charge < -0.3 is 9.84 Å². The lowest BCUT2D eigenvalue weighted by atomic mass is 10.1. The maximum absolute atomic E-state index is 11.0. The minimum atomic E-state index is -0.878. The molecule has 90 valence electrons. The predicted molar refractivity (Wildman–Crippen MR) is 63.2 cm³/mol. The molecular weight excluding hydrogens is 226 g/mol. The monoisotopic (exact) mass is 243 g/mol. The summed E-state index contributed by atoms with van der Waals surface area (Å²) in [5.41, 5.74) is 0.707. The fourth-order valence-electron chi connectivity index (χ4n) is 1.39. The molecule has 1 aromatic heterocycles. The smallest absolute Gasteiger partial charge is 0.347 e. The van der Waals surface area contributed by atoms with Gasteiger partial charge in [-0.25, -0.2) is 9.78 Å². The molecule has 0 aliphatic heterocycles. The molecule has 0 saturated heterocycles. The molecule has 0 aliphatic carbocycles. The van der Waals surface area contributed by atoms with Crippen molar-refractivity contribution in [1.82, 2.24) is 4.98 Å². The first kappa shape index (κ1) is 13.1. The zero-order valence-electron chi connectivity index (χ0n) is 9.82. The molecule has 1 aromatic rings. The Morgan fingerprint density at radius 3 is 2.75 bits per heavy atom. The molecule has 0 unspecified atom stereocenters. The van der Waals surface area contributed by atoms with E-state index in [2.05, 4.69) is 18.8 Å². The van der Waals surface area contributed by atoms with Crippen LogP contribution in [0, 0.1) is 5.92 Å². The highest BCUT2D eigenvalue weighted by Crippen LogP contribution is 2.21. The number of carboxylic acids is 1. The van der Waals surface area contributed by atoms with Gasteiger partial charge in [0.25, 0.3) is 0 Å². The Kier molecular flexibility index (Phi) is 4.89. The normalized spacial score (nSPS) is 11.0. The molecule has 1 N–H and O–H groups in total. The van der Waals surface area contributed by atoms with Crippen molar-refractivity contribution in [3.63, 3.8) is 0 Å². The first-order chi connectivity index (χ1) is 7.54. The summed E-state index contributed by atoms with van der Waals surface area (Å²) in [5, 5.41) is 9.90. The van der Waals surface area contributed by atoms with Crippen molar-refractivity contribution < 1.29 is 14.6 Å². The van der Waals surface area contributed by atoms with E-state index in [0.717, 1.165) is 5.01 Å². The fourth-order valence-corrected chi connectivity index (χ4v) is 2.30. The first-order valence-electron chi connectivity index (χ1n) is 5.25. The van der Waals surface area contributed by atoms with Crippen LogP contribution in [-0.2, 0) is 17.6 Å². The molecular formula is C11H17NO3S. The van der Waals surface area contributed by atoms with Crippen LogP contribution in [0.4, 0.5) is 0 Å². The number of thiazole rings is 1. The number of aromatic carboxylic acids is 1. The minimum absolute atomic E-state index is 0.375. The van der Waals surface area contributed by atoms with Crippen LogP contribution in [0.15, 0.2) is 0 Å². The molecule has 0 bridgehead atoms. The number of aromatic nitrogens is 1. The summed E-state index contributed by atoms with van der Waals surface area (Å²) in [6.45, 7) is 4.69. The SMILES string of the molecule is COCCc1nc(CC(C)C)c(C(=O)O)s1. The second-order valence-corrected chi connectivity index (χ2v) is 5.11. The predicted octanol–water partition coefficient (Wildman–Crippen LogP) is 2.23. The standard InChI is InChI=1S/C11H17NO3S/c1-7(2)6-8-10(11(13)14)16-9(12-8)4-5-15-3/h7H,4-6H2,1-3H3,(H,13,14). The van der Waals surface area contributed by atoms with Crippen LogP contribution >= 0.6 is 11.3 Å². The lowest BCUT2D eigenvalue weighted by molar-refractivity contribution is 0.0700. The maximum atomic E-state index is 11.0. The average molecular weight is 243 g/mol.